The molecule has 6 nitrogen and oxygen atoms in total. The Hall–Kier alpha value is -1.18. The maximum atomic E-state index is 12.1. The fourth-order valence-corrected chi connectivity index (χ4v) is 3.05. The van der Waals surface area contributed by atoms with E-state index < -0.39 is 16.1 Å². The Morgan fingerprint density at radius 1 is 1.58 bits per heavy atom. The summed E-state index contributed by atoms with van der Waals surface area (Å²) in [5, 5.41) is -0.126. The van der Waals surface area contributed by atoms with Gasteiger partial charge in [-0.3, -0.25) is 4.79 Å². The van der Waals surface area contributed by atoms with Gasteiger partial charge in [-0.05, 0) is 26.0 Å². The highest BCUT2D eigenvalue weighted by Gasteiger charge is 2.25. The van der Waals surface area contributed by atoms with E-state index in [0.29, 0.717) is 6.54 Å². The van der Waals surface area contributed by atoms with Gasteiger partial charge in [0.05, 0.1) is 6.04 Å². The van der Waals surface area contributed by atoms with E-state index in [1.807, 2.05) is 0 Å². The van der Waals surface area contributed by atoms with Gasteiger partial charge in [0, 0.05) is 19.8 Å². The summed E-state index contributed by atoms with van der Waals surface area (Å²) in [6, 6.07) is 1.93. The van der Waals surface area contributed by atoms with Gasteiger partial charge in [0.15, 0.2) is 0 Å². The zero-order valence-corrected chi connectivity index (χ0v) is 12.5. The second kappa shape index (κ2) is 6.31. The first-order valence-corrected chi connectivity index (χ1v) is 7.53. The predicted molar refractivity (Wildman–Crippen MR) is 72.3 cm³/mol. The molecule has 0 saturated heterocycles. The molecule has 1 heterocycles. The van der Waals surface area contributed by atoms with Gasteiger partial charge in [0.1, 0.15) is 10.0 Å². The Morgan fingerprint density at radius 2 is 2.21 bits per heavy atom. The van der Waals surface area contributed by atoms with Crippen LogP contribution in [-0.4, -0.2) is 43.8 Å². The number of sulfonamides is 1. The number of nitrogens with zero attached hydrogens (tertiary/aromatic N) is 2. The molecule has 0 bridgehead atoms. The Bertz CT molecular complexity index is 562. The standard InChI is InChI=1S/C11H16ClN3O3S/c1-4-15(3)11(16)8(2)14-19(17,18)9-6-5-7-13-10(9)12/h5-8,14H,4H2,1-3H3. The second-order valence-electron chi connectivity index (χ2n) is 3.99. The van der Waals surface area contributed by atoms with E-state index in [-0.39, 0.29) is 16.0 Å². The zero-order chi connectivity index (χ0) is 14.6. The van der Waals surface area contributed by atoms with Gasteiger partial charge in [0.25, 0.3) is 0 Å². The van der Waals surface area contributed by atoms with E-state index in [0.717, 1.165) is 0 Å². The van der Waals surface area contributed by atoms with Crippen LogP contribution in [0, 0.1) is 0 Å². The van der Waals surface area contributed by atoms with Crippen molar-refractivity contribution in [2.75, 3.05) is 13.6 Å². The Labute approximate surface area is 117 Å². The third kappa shape index (κ3) is 3.89. The van der Waals surface area contributed by atoms with Crippen molar-refractivity contribution in [1.82, 2.24) is 14.6 Å². The fourth-order valence-electron chi connectivity index (χ4n) is 1.40. The summed E-state index contributed by atoms with van der Waals surface area (Å²) in [7, 11) is -2.27. The van der Waals surface area contributed by atoms with E-state index in [2.05, 4.69) is 9.71 Å². The molecule has 1 unspecified atom stereocenters. The average Bonchev–Trinajstić information content (AvgIpc) is 2.36. The van der Waals surface area contributed by atoms with Crippen LogP contribution in [0.3, 0.4) is 0 Å². The largest absolute Gasteiger partial charge is 0.345 e. The van der Waals surface area contributed by atoms with Crippen LogP contribution in [0.4, 0.5) is 0 Å². The summed E-state index contributed by atoms with van der Waals surface area (Å²) >= 11 is 5.74. The highest BCUT2D eigenvalue weighted by Crippen LogP contribution is 2.17. The average molecular weight is 306 g/mol. The lowest BCUT2D eigenvalue weighted by molar-refractivity contribution is -0.131. The van der Waals surface area contributed by atoms with Crippen LogP contribution in [0.2, 0.25) is 5.15 Å². The minimum Gasteiger partial charge on any atom is -0.345 e. The van der Waals surface area contributed by atoms with E-state index in [9.17, 15) is 13.2 Å². The predicted octanol–water partition coefficient (Wildman–Crippen LogP) is 0.880. The molecule has 8 heteroatoms. The SMILES string of the molecule is CCN(C)C(=O)C(C)NS(=O)(=O)c1cccnc1Cl. The van der Waals surface area contributed by atoms with Crippen LogP contribution in [0.1, 0.15) is 13.8 Å². The summed E-state index contributed by atoms with van der Waals surface area (Å²) in [5.74, 6) is -0.314. The van der Waals surface area contributed by atoms with E-state index in [1.165, 1.54) is 30.2 Å². The van der Waals surface area contributed by atoms with Crippen molar-refractivity contribution in [3.05, 3.63) is 23.5 Å². The number of hydrogen-bond donors (Lipinski definition) is 1. The van der Waals surface area contributed by atoms with Gasteiger partial charge in [-0.25, -0.2) is 13.4 Å². The molecular weight excluding hydrogens is 290 g/mol. The molecule has 0 aliphatic carbocycles. The lowest BCUT2D eigenvalue weighted by Gasteiger charge is -2.20. The zero-order valence-electron chi connectivity index (χ0n) is 10.9. The lowest BCUT2D eigenvalue weighted by atomic mass is 10.3. The molecule has 1 aromatic heterocycles. The summed E-state index contributed by atoms with van der Waals surface area (Å²) < 4.78 is 26.4. The molecule has 0 fully saturated rings. The highest BCUT2D eigenvalue weighted by atomic mass is 35.5. The molecule has 1 atom stereocenters. The maximum Gasteiger partial charge on any atom is 0.244 e. The number of likely N-dealkylation sites (N-methyl/N-ethyl adjacent to an activating group) is 1. The number of aromatic nitrogens is 1. The van der Waals surface area contributed by atoms with Crippen molar-refractivity contribution in [2.24, 2.45) is 0 Å². The van der Waals surface area contributed by atoms with Crippen LogP contribution in [0.5, 0.6) is 0 Å². The Kier molecular flexibility index (Phi) is 5.28. The van der Waals surface area contributed by atoms with Crippen molar-refractivity contribution in [3.8, 4) is 0 Å². The molecule has 1 N–H and O–H groups in total. The smallest absolute Gasteiger partial charge is 0.244 e. The third-order valence-corrected chi connectivity index (χ3v) is 4.55. The minimum absolute atomic E-state index is 0.126. The van der Waals surface area contributed by atoms with Gasteiger partial charge < -0.3 is 4.90 Å². The van der Waals surface area contributed by atoms with E-state index >= 15 is 0 Å². The van der Waals surface area contributed by atoms with Crippen molar-refractivity contribution >= 4 is 27.5 Å². The Morgan fingerprint density at radius 3 is 2.74 bits per heavy atom. The second-order valence-corrected chi connectivity index (χ2v) is 6.03. The molecule has 0 saturated carbocycles. The minimum atomic E-state index is -3.87. The lowest BCUT2D eigenvalue weighted by Crippen LogP contribution is -2.45. The maximum absolute atomic E-state index is 12.1. The summed E-state index contributed by atoms with van der Waals surface area (Å²) in [6.07, 6.45) is 1.39. The van der Waals surface area contributed by atoms with Crippen LogP contribution in [0.15, 0.2) is 23.2 Å². The number of nitrogens with one attached hydrogen (secondary N) is 1. The highest BCUT2D eigenvalue weighted by molar-refractivity contribution is 7.89. The number of amides is 1. The number of hydrogen-bond acceptors (Lipinski definition) is 4. The Balaban J connectivity index is 2.93. The molecule has 1 aromatic rings. The van der Waals surface area contributed by atoms with Crippen LogP contribution < -0.4 is 4.72 Å². The molecule has 0 aliphatic rings. The number of carbonyl (C=O) groups is 1. The summed E-state index contributed by atoms with van der Waals surface area (Å²) in [5.41, 5.74) is 0. The van der Waals surface area contributed by atoms with E-state index in [4.69, 9.17) is 11.6 Å². The quantitative estimate of drug-likeness (QED) is 0.819. The molecule has 0 spiro atoms. The van der Waals surface area contributed by atoms with E-state index in [1.54, 1.807) is 14.0 Å². The number of rotatable bonds is 5. The monoisotopic (exact) mass is 305 g/mol. The first-order chi connectivity index (χ1) is 8.79. The molecule has 106 valence electrons. The van der Waals surface area contributed by atoms with Gasteiger partial charge in [0.2, 0.25) is 15.9 Å². The first kappa shape index (κ1) is 15.9. The van der Waals surface area contributed by atoms with Crippen molar-refractivity contribution < 1.29 is 13.2 Å². The molecule has 19 heavy (non-hydrogen) atoms. The van der Waals surface area contributed by atoms with Gasteiger partial charge in [-0.1, -0.05) is 11.6 Å². The van der Waals surface area contributed by atoms with Crippen molar-refractivity contribution in [3.63, 3.8) is 0 Å². The van der Waals surface area contributed by atoms with Gasteiger partial charge in [-0.15, -0.1) is 0 Å². The number of halogens is 1. The molecular formula is C11H16ClN3O3S. The third-order valence-electron chi connectivity index (χ3n) is 2.57. The topological polar surface area (TPSA) is 79.4 Å². The first-order valence-electron chi connectivity index (χ1n) is 5.67. The molecule has 0 radical (unpaired) electrons. The summed E-state index contributed by atoms with van der Waals surface area (Å²) in [4.78, 5) is 16.8. The molecule has 1 rings (SSSR count). The van der Waals surface area contributed by atoms with Gasteiger partial charge >= 0.3 is 0 Å². The van der Waals surface area contributed by atoms with Crippen molar-refractivity contribution in [2.45, 2.75) is 24.8 Å². The molecule has 0 aromatic carbocycles. The number of pyridine rings is 1. The van der Waals surface area contributed by atoms with Crippen molar-refractivity contribution in [1.29, 1.82) is 0 Å². The van der Waals surface area contributed by atoms with Crippen LogP contribution in [-0.2, 0) is 14.8 Å². The summed E-state index contributed by atoms with van der Waals surface area (Å²) in [6.45, 7) is 3.78. The number of carbonyl (C=O) groups excluding carboxylic acids is 1. The van der Waals surface area contributed by atoms with Crippen LogP contribution >= 0.6 is 11.6 Å². The van der Waals surface area contributed by atoms with Gasteiger partial charge in [-0.2, -0.15) is 4.72 Å². The normalized spacial score (nSPS) is 13.1. The molecule has 1 amide bonds. The fraction of sp³-hybridized carbons (Fsp3) is 0.455. The molecule has 0 aliphatic heterocycles. The van der Waals surface area contributed by atoms with Crippen LogP contribution in [0.25, 0.3) is 0 Å².